The number of likely N-dealkylation sites (tertiary alicyclic amines) is 1. The number of urea groups is 1. The Bertz CT molecular complexity index is 584. The molecule has 0 aliphatic carbocycles. The summed E-state index contributed by atoms with van der Waals surface area (Å²) in [6.07, 6.45) is 4.05. The minimum absolute atomic E-state index is 0.0749. The monoisotopic (exact) mass is 384 g/mol. The second-order valence-electron chi connectivity index (χ2n) is 6.79. The molecule has 0 atom stereocenters. The molecule has 1 aromatic rings. The first-order chi connectivity index (χ1) is 12.1. The summed E-state index contributed by atoms with van der Waals surface area (Å²) < 4.78 is 0. The van der Waals surface area contributed by atoms with Crippen LogP contribution in [0, 0.1) is 0 Å². The van der Waals surface area contributed by atoms with Crippen molar-refractivity contribution in [3.8, 4) is 0 Å². The van der Waals surface area contributed by atoms with E-state index < -0.39 is 0 Å². The van der Waals surface area contributed by atoms with Crippen molar-refractivity contribution < 1.29 is 4.79 Å². The molecule has 1 aromatic carbocycles. The van der Waals surface area contributed by atoms with E-state index in [0.29, 0.717) is 15.7 Å². The van der Waals surface area contributed by atoms with E-state index in [1.165, 1.54) is 32.4 Å². The van der Waals surface area contributed by atoms with Gasteiger partial charge in [-0.3, -0.25) is 4.90 Å². The lowest BCUT2D eigenvalue weighted by molar-refractivity contribution is 0.128. The largest absolute Gasteiger partial charge is 0.322 e. The zero-order chi connectivity index (χ0) is 17.6. The second-order valence-corrected chi connectivity index (χ2v) is 7.60. The van der Waals surface area contributed by atoms with E-state index in [0.717, 1.165) is 39.3 Å². The molecule has 7 heteroatoms. The van der Waals surface area contributed by atoms with Crippen molar-refractivity contribution >= 4 is 34.9 Å². The summed E-state index contributed by atoms with van der Waals surface area (Å²) in [5.41, 5.74) is 0.673. The maximum Gasteiger partial charge on any atom is 0.321 e. The molecule has 0 unspecified atom stereocenters. The van der Waals surface area contributed by atoms with Gasteiger partial charge in [-0.25, -0.2) is 4.79 Å². The van der Waals surface area contributed by atoms with Crippen LogP contribution >= 0.6 is 23.2 Å². The third kappa shape index (κ3) is 5.48. The molecule has 2 aliphatic heterocycles. The third-order valence-corrected chi connectivity index (χ3v) is 5.75. The summed E-state index contributed by atoms with van der Waals surface area (Å²) in [6.45, 7) is 8.11. The predicted octanol–water partition coefficient (Wildman–Crippen LogP) is 3.63. The lowest BCUT2D eigenvalue weighted by atomic mass is 10.1. The fourth-order valence-electron chi connectivity index (χ4n) is 3.42. The van der Waals surface area contributed by atoms with Crippen LogP contribution in [0.5, 0.6) is 0 Å². The number of carbonyl (C=O) groups excluding carboxylic acids is 1. The number of anilines is 1. The molecule has 138 valence electrons. The smallest absolute Gasteiger partial charge is 0.321 e. The van der Waals surface area contributed by atoms with Crippen LogP contribution in [0.4, 0.5) is 10.5 Å². The van der Waals surface area contributed by atoms with Crippen molar-refractivity contribution in [3.05, 3.63) is 28.2 Å². The first-order valence-corrected chi connectivity index (χ1v) is 9.83. The maximum atomic E-state index is 12.4. The molecule has 5 nitrogen and oxygen atoms in total. The standard InChI is InChI=1S/C18H26Cl2N4O/c19-16-5-4-15(14-17(16)20)21-18(25)24-12-10-23(11-13-24)9-8-22-6-2-1-3-7-22/h4-5,14H,1-3,6-13H2,(H,21,25). The number of piperidine rings is 1. The first-order valence-electron chi connectivity index (χ1n) is 9.07. The van der Waals surface area contributed by atoms with Gasteiger partial charge in [0.2, 0.25) is 0 Å². The topological polar surface area (TPSA) is 38.8 Å². The number of nitrogens with zero attached hydrogens (tertiary/aromatic N) is 3. The number of halogens is 2. The molecule has 3 rings (SSSR count). The van der Waals surface area contributed by atoms with Crippen molar-refractivity contribution in [1.29, 1.82) is 0 Å². The molecule has 2 aliphatic rings. The van der Waals surface area contributed by atoms with Crippen molar-refractivity contribution in [2.45, 2.75) is 19.3 Å². The van der Waals surface area contributed by atoms with Gasteiger partial charge < -0.3 is 15.1 Å². The molecule has 2 fully saturated rings. The van der Waals surface area contributed by atoms with Gasteiger partial charge in [0.15, 0.2) is 0 Å². The fraction of sp³-hybridized carbons (Fsp3) is 0.611. The summed E-state index contributed by atoms with van der Waals surface area (Å²) in [6, 6.07) is 5.06. The zero-order valence-corrected chi connectivity index (χ0v) is 16.0. The Balaban J connectivity index is 1.40. The Morgan fingerprint density at radius 2 is 1.52 bits per heavy atom. The average Bonchev–Trinajstić information content (AvgIpc) is 2.64. The van der Waals surface area contributed by atoms with Gasteiger partial charge in [0, 0.05) is 45.0 Å². The van der Waals surface area contributed by atoms with E-state index in [-0.39, 0.29) is 6.03 Å². The number of nitrogens with one attached hydrogen (secondary N) is 1. The average molecular weight is 385 g/mol. The number of hydrogen-bond acceptors (Lipinski definition) is 3. The Morgan fingerprint density at radius 1 is 0.880 bits per heavy atom. The van der Waals surface area contributed by atoms with E-state index in [9.17, 15) is 4.79 Å². The van der Waals surface area contributed by atoms with E-state index >= 15 is 0 Å². The zero-order valence-electron chi connectivity index (χ0n) is 14.5. The number of carbonyl (C=O) groups is 1. The van der Waals surface area contributed by atoms with Crippen molar-refractivity contribution in [2.24, 2.45) is 0 Å². The van der Waals surface area contributed by atoms with Gasteiger partial charge in [-0.2, -0.15) is 0 Å². The van der Waals surface area contributed by atoms with Gasteiger partial charge in [-0.05, 0) is 44.1 Å². The lowest BCUT2D eigenvalue weighted by Gasteiger charge is -2.36. The van der Waals surface area contributed by atoms with E-state index in [2.05, 4.69) is 15.1 Å². The number of rotatable bonds is 4. The highest BCUT2D eigenvalue weighted by atomic mass is 35.5. The minimum atomic E-state index is -0.0749. The van der Waals surface area contributed by atoms with Crippen LogP contribution in [-0.2, 0) is 0 Å². The molecular weight excluding hydrogens is 359 g/mol. The third-order valence-electron chi connectivity index (χ3n) is 5.01. The van der Waals surface area contributed by atoms with Crippen LogP contribution in [0.15, 0.2) is 18.2 Å². The quantitative estimate of drug-likeness (QED) is 0.861. The molecule has 25 heavy (non-hydrogen) atoms. The highest BCUT2D eigenvalue weighted by Gasteiger charge is 2.21. The molecular formula is C18H26Cl2N4O. The van der Waals surface area contributed by atoms with Crippen molar-refractivity contribution in [3.63, 3.8) is 0 Å². The van der Waals surface area contributed by atoms with Crippen LogP contribution in [0.25, 0.3) is 0 Å². The van der Waals surface area contributed by atoms with Crippen LogP contribution in [-0.4, -0.2) is 73.1 Å². The molecule has 0 radical (unpaired) electrons. The summed E-state index contributed by atoms with van der Waals surface area (Å²) >= 11 is 11.9. The van der Waals surface area contributed by atoms with Gasteiger partial charge in [0.25, 0.3) is 0 Å². The van der Waals surface area contributed by atoms with E-state index in [1.807, 2.05) is 4.90 Å². The van der Waals surface area contributed by atoms with Crippen LogP contribution in [0.1, 0.15) is 19.3 Å². The van der Waals surface area contributed by atoms with Crippen molar-refractivity contribution in [1.82, 2.24) is 14.7 Å². The summed E-state index contributed by atoms with van der Waals surface area (Å²) in [7, 11) is 0. The van der Waals surface area contributed by atoms with Crippen LogP contribution in [0.3, 0.4) is 0 Å². The van der Waals surface area contributed by atoms with Crippen LogP contribution in [0.2, 0.25) is 10.0 Å². The number of amides is 2. The minimum Gasteiger partial charge on any atom is -0.322 e. The molecule has 2 amide bonds. The first kappa shape index (κ1) is 18.8. The molecule has 2 heterocycles. The number of benzene rings is 1. The highest BCUT2D eigenvalue weighted by molar-refractivity contribution is 6.42. The molecule has 0 bridgehead atoms. The Kier molecular flexibility index (Phi) is 6.82. The summed E-state index contributed by atoms with van der Waals surface area (Å²) in [5.74, 6) is 0. The van der Waals surface area contributed by atoms with Gasteiger partial charge >= 0.3 is 6.03 Å². The summed E-state index contributed by atoms with van der Waals surface area (Å²) in [5, 5.41) is 3.83. The van der Waals surface area contributed by atoms with Gasteiger partial charge in [-0.15, -0.1) is 0 Å². The number of piperazine rings is 1. The molecule has 0 aromatic heterocycles. The number of hydrogen-bond donors (Lipinski definition) is 1. The fourth-order valence-corrected chi connectivity index (χ4v) is 3.71. The molecule has 0 saturated carbocycles. The Labute approximate surface area is 159 Å². The molecule has 2 saturated heterocycles. The molecule has 1 N–H and O–H groups in total. The Morgan fingerprint density at radius 3 is 2.16 bits per heavy atom. The van der Waals surface area contributed by atoms with E-state index in [4.69, 9.17) is 23.2 Å². The van der Waals surface area contributed by atoms with Gasteiger partial charge in [0.05, 0.1) is 10.0 Å². The predicted molar refractivity (Wildman–Crippen MR) is 104 cm³/mol. The SMILES string of the molecule is O=C(Nc1ccc(Cl)c(Cl)c1)N1CCN(CCN2CCCCC2)CC1. The van der Waals surface area contributed by atoms with Crippen molar-refractivity contribution in [2.75, 3.05) is 57.7 Å². The van der Waals surface area contributed by atoms with Crippen LogP contribution < -0.4 is 5.32 Å². The van der Waals surface area contributed by atoms with E-state index in [1.54, 1.807) is 18.2 Å². The van der Waals surface area contributed by atoms with Gasteiger partial charge in [0.1, 0.15) is 0 Å². The lowest BCUT2D eigenvalue weighted by Crippen LogP contribution is -2.51. The maximum absolute atomic E-state index is 12.4. The van der Waals surface area contributed by atoms with Gasteiger partial charge in [-0.1, -0.05) is 29.6 Å². The Hall–Kier alpha value is -1.01. The summed E-state index contributed by atoms with van der Waals surface area (Å²) in [4.78, 5) is 19.3. The normalized spacial score (nSPS) is 19.8. The second kappa shape index (κ2) is 9.08. The highest BCUT2D eigenvalue weighted by Crippen LogP contribution is 2.25. The molecule has 0 spiro atoms.